The van der Waals surface area contributed by atoms with Crippen molar-refractivity contribution >= 4 is 5.91 Å². The number of benzene rings is 1. The van der Waals surface area contributed by atoms with Gasteiger partial charge in [-0.25, -0.2) is 4.68 Å². The Hall–Kier alpha value is -2.99. The molecule has 0 N–H and O–H groups in total. The van der Waals surface area contributed by atoms with Gasteiger partial charge in [0, 0.05) is 62.3 Å². The summed E-state index contributed by atoms with van der Waals surface area (Å²) in [5.41, 5.74) is 6.43. The molecule has 0 radical (unpaired) electrons. The second kappa shape index (κ2) is 9.48. The largest absolute Gasteiger partial charge is 0.337 e. The summed E-state index contributed by atoms with van der Waals surface area (Å²) in [5.74, 6) is 0.0763. The van der Waals surface area contributed by atoms with Crippen molar-refractivity contribution in [3.05, 3.63) is 76.9 Å². The minimum absolute atomic E-state index is 0.0763. The van der Waals surface area contributed by atoms with Gasteiger partial charge in [-0.05, 0) is 62.8 Å². The quantitative estimate of drug-likeness (QED) is 0.581. The molecule has 2 aliphatic rings. The van der Waals surface area contributed by atoms with E-state index in [1.807, 2.05) is 47.1 Å². The van der Waals surface area contributed by atoms with Crippen LogP contribution in [-0.4, -0.2) is 63.2 Å². The minimum atomic E-state index is 0.0763. The number of hydrogen-bond donors (Lipinski definition) is 0. The van der Waals surface area contributed by atoms with Crippen LogP contribution < -0.4 is 0 Å². The van der Waals surface area contributed by atoms with Crippen LogP contribution in [-0.2, 0) is 19.3 Å². The molecule has 0 unspecified atom stereocenters. The Morgan fingerprint density at radius 2 is 1.88 bits per heavy atom. The average Bonchev–Trinajstić information content (AvgIpc) is 3.46. The van der Waals surface area contributed by atoms with Gasteiger partial charge in [0.2, 0.25) is 0 Å². The van der Waals surface area contributed by atoms with E-state index >= 15 is 0 Å². The van der Waals surface area contributed by atoms with Crippen LogP contribution in [0.3, 0.4) is 0 Å². The maximum Gasteiger partial charge on any atom is 0.274 e. The lowest BCUT2D eigenvalue weighted by Crippen LogP contribution is -2.46. The number of rotatable bonds is 6. The number of pyridine rings is 1. The van der Waals surface area contributed by atoms with Gasteiger partial charge >= 0.3 is 0 Å². The van der Waals surface area contributed by atoms with E-state index in [1.54, 1.807) is 0 Å². The van der Waals surface area contributed by atoms with E-state index in [0.717, 1.165) is 75.1 Å². The summed E-state index contributed by atoms with van der Waals surface area (Å²) in [6, 6.07) is 14.7. The molecule has 0 spiro atoms. The first-order valence-corrected chi connectivity index (χ1v) is 12.2. The van der Waals surface area contributed by atoms with Crippen molar-refractivity contribution in [2.24, 2.45) is 0 Å². The van der Waals surface area contributed by atoms with Crippen molar-refractivity contribution in [3.8, 4) is 5.69 Å². The molecule has 6 heteroatoms. The molecule has 33 heavy (non-hydrogen) atoms. The molecule has 1 saturated heterocycles. The summed E-state index contributed by atoms with van der Waals surface area (Å²) >= 11 is 0. The molecule has 3 aromatic rings. The summed E-state index contributed by atoms with van der Waals surface area (Å²) in [5, 5.41) is 4.86. The van der Waals surface area contributed by atoms with Gasteiger partial charge in [-0.15, -0.1) is 0 Å². The molecule has 2 aromatic heterocycles. The fraction of sp³-hybridized carbons (Fsp3) is 0.444. The molecule has 6 nitrogen and oxygen atoms in total. The Morgan fingerprint density at radius 1 is 1.09 bits per heavy atom. The lowest BCUT2D eigenvalue weighted by molar-refractivity contribution is 0.0636. The summed E-state index contributed by atoms with van der Waals surface area (Å²) in [6.45, 7) is 5.17. The second-order valence-corrected chi connectivity index (χ2v) is 9.39. The van der Waals surface area contributed by atoms with Gasteiger partial charge in [0.15, 0.2) is 5.69 Å². The van der Waals surface area contributed by atoms with Crippen LogP contribution in [0.15, 0.2) is 48.7 Å². The van der Waals surface area contributed by atoms with Crippen molar-refractivity contribution in [2.45, 2.75) is 51.5 Å². The predicted molar refractivity (Wildman–Crippen MR) is 130 cm³/mol. The van der Waals surface area contributed by atoms with Crippen molar-refractivity contribution in [1.29, 1.82) is 0 Å². The number of carbonyl (C=O) groups is 1. The van der Waals surface area contributed by atoms with Gasteiger partial charge in [-0.3, -0.25) is 9.78 Å². The standard InChI is InChI=1S/C27H33N5O/c1-20-8-3-4-11-24(20)32-25-12-7-10-23(25)26(29-32)27(33)30(2)22-14-18-31(19-15-22)17-13-21-9-5-6-16-28-21/h3-6,8-9,11,16,22H,7,10,12-15,17-19H2,1-2H3. The predicted octanol–water partition coefficient (Wildman–Crippen LogP) is 3.84. The summed E-state index contributed by atoms with van der Waals surface area (Å²) in [4.78, 5) is 22.4. The van der Waals surface area contributed by atoms with Crippen LogP contribution in [0.2, 0.25) is 0 Å². The number of piperidine rings is 1. The highest BCUT2D eigenvalue weighted by Gasteiger charge is 2.32. The first-order valence-electron chi connectivity index (χ1n) is 12.2. The minimum Gasteiger partial charge on any atom is -0.337 e. The molecule has 1 aliphatic heterocycles. The number of carbonyl (C=O) groups excluding carboxylic acids is 1. The Balaban J connectivity index is 1.25. The Morgan fingerprint density at radius 3 is 2.64 bits per heavy atom. The van der Waals surface area contributed by atoms with Crippen LogP contribution >= 0.6 is 0 Å². The van der Waals surface area contributed by atoms with Crippen molar-refractivity contribution in [3.63, 3.8) is 0 Å². The molecule has 1 aromatic carbocycles. The summed E-state index contributed by atoms with van der Waals surface area (Å²) < 4.78 is 2.03. The zero-order valence-corrected chi connectivity index (χ0v) is 19.7. The highest BCUT2D eigenvalue weighted by molar-refractivity contribution is 5.94. The molecule has 1 aliphatic carbocycles. The van der Waals surface area contributed by atoms with E-state index < -0.39 is 0 Å². The lowest BCUT2D eigenvalue weighted by atomic mass is 10.0. The maximum absolute atomic E-state index is 13.6. The zero-order chi connectivity index (χ0) is 22.8. The fourth-order valence-electron chi connectivity index (χ4n) is 5.29. The second-order valence-electron chi connectivity index (χ2n) is 9.39. The van der Waals surface area contributed by atoms with E-state index in [9.17, 15) is 4.79 Å². The molecule has 0 atom stereocenters. The maximum atomic E-state index is 13.6. The van der Waals surface area contributed by atoms with E-state index in [1.165, 1.54) is 11.3 Å². The van der Waals surface area contributed by atoms with E-state index in [4.69, 9.17) is 5.10 Å². The number of aromatic nitrogens is 3. The third kappa shape index (κ3) is 4.44. The van der Waals surface area contributed by atoms with Gasteiger partial charge in [-0.2, -0.15) is 5.10 Å². The number of fused-ring (bicyclic) bond motifs is 1. The Labute approximate surface area is 196 Å². The van der Waals surface area contributed by atoms with Crippen molar-refractivity contribution in [1.82, 2.24) is 24.6 Å². The van der Waals surface area contributed by atoms with E-state index in [-0.39, 0.29) is 11.9 Å². The summed E-state index contributed by atoms with van der Waals surface area (Å²) in [7, 11) is 1.96. The first-order chi connectivity index (χ1) is 16.1. The van der Waals surface area contributed by atoms with E-state index in [2.05, 4.69) is 35.0 Å². The van der Waals surface area contributed by atoms with Gasteiger partial charge in [-0.1, -0.05) is 24.3 Å². The molecule has 1 amide bonds. The molecule has 172 valence electrons. The normalized spacial score (nSPS) is 16.7. The third-order valence-electron chi connectivity index (χ3n) is 7.31. The van der Waals surface area contributed by atoms with Crippen LogP contribution in [0.1, 0.15) is 52.3 Å². The molecular weight excluding hydrogens is 410 g/mol. The monoisotopic (exact) mass is 443 g/mol. The number of nitrogens with zero attached hydrogens (tertiary/aromatic N) is 5. The highest BCUT2D eigenvalue weighted by atomic mass is 16.2. The van der Waals surface area contributed by atoms with Crippen molar-refractivity contribution < 1.29 is 4.79 Å². The number of para-hydroxylation sites is 1. The summed E-state index contributed by atoms with van der Waals surface area (Å²) in [6.07, 6.45) is 7.88. The van der Waals surface area contributed by atoms with Gasteiger partial charge in [0.1, 0.15) is 0 Å². The SMILES string of the molecule is Cc1ccccc1-n1nc(C(=O)N(C)C2CCN(CCc3ccccn3)CC2)c2c1CCC2. The molecule has 5 rings (SSSR count). The molecule has 1 fully saturated rings. The van der Waals surface area contributed by atoms with Crippen LogP contribution in [0, 0.1) is 6.92 Å². The molecule has 0 bridgehead atoms. The zero-order valence-electron chi connectivity index (χ0n) is 19.7. The fourth-order valence-corrected chi connectivity index (χ4v) is 5.29. The third-order valence-corrected chi connectivity index (χ3v) is 7.31. The average molecular weight is 444 g/mol. The number of likely N-dealkylation sites (tertiary alicyclic amines) is 1. The van der Waals surface area contributed by atoms with Gasteiger partial charge in [0.25, 0.3) is 5.91 Å². The number of amides is 1. The molecular formula is C27H33N5O. The van der Waals surface area contributed by atoms with Crippen LogP contribution in [0.4, 0.5) is 0 Å². The number of hydrogen-bond acceptors (Lipinski definition) is 4. The highest BCUT2D eigenvalue weighted by Crippen LogP contribution is 2.30. The topological polar surface area (TPSA) is 54.3 Å². The van der Waals surface area contributed by atoms with Crippen LogP contribution in [0.25, 0.3) is 5.69 Å². The number of aryl methyl sites for hydroxylation is 1. The van der Waals surface area contributed by atoms with E-state index in [0.29, 0.717) is 5.69 Å². The van der Waals surface area contributed by atoms with Gasteiger partial charge < -0.3 is 9.80 Å². The van der Waals surface area contributed by atoms with Crippen molar-refractivity contribution in [2.75, 3.05) is 26.7 Å². The molecule has 3 heterocycles. The lowest BCUT2D eigenvalue weighted by Gasteiger charge is -2.36. The Bertz CT molecular complexity index is 1110. The van der Waals surface area contributed by atoms with Gasteiger partial charge in [0.05, 0.1) is 5.69 Å². The molecule has 0 saturated carbocycles. The first kappa shape index (κ1) is 21.8. The Kier molecular flexibility index (Phi) is 6.27. The smallest absolute Gasteiger partial charge is 0.274 e. The van der Waals surface area contributed by atoms with Crippen LogP contribution in [0.5, 0.6) is 0 Å².